The van der Waals surface area contributed by atoms with Crippen molar-refractivity contribution in [3.8, 4) is 0 Å². The zero-order valence-corrected chi connectivity index (χ0v) is 10.8. The van der Waals surface area contributed by atoms with Gasteiger partial charge in [0.05, 0.1) is 0 Å². The molecule has 0 bridgehead atoms. The Morgan fingerprint density at radius 1 is 0.692 bits per heavy atom. The van der Waals surface area contributed by atoms with E-state index in [0.717, 1.165) is 15.2 Å². The van der Waals surface area contributed by atoms with Crippen molar-refractivity contribution in [2.45, 2.75) is 75.8 Å². The van der Waals surface area contributed by atoms with Gasteiger partial charge in [0.2, 0.25) is 0 Å². The van der Waals surface area contributed by atoms with E-state index >= 15 is 0 Å². The summed E-state index contributed by atoms with van der Waals surface area (Å²) >= 11 is 0.805. The normalized spacial score (nSPS) is 10.3. The summed E-state index contributed by atoms with van der Waals surface area (Å²) in [6, 6.07) is 0. The van der Waals surface area contributed by atoms with Crippen LogP contribution in [0.5, 0.6) is 0 Å². The third kappa shape index (κ3) is 12.5. The Labute approximate surface area is 94.2 Å². The van der Waals surface area contributed by atoms with Gasteiger partial charge in [-0.1, -0.05) is 65.2 Å². The van der Waals surface area contributed by atoms with E-state index in [0.29, 0.717) is 0 Å². The van der Waals surface area contributed by atoms with Crippen LogP contribution in [0.1, 0.15) is 68.1 Å². The molecule has 81 valence electrons. The van der Waals surface area contributed by atoms with E-state index in [1.807, 2.05) is 0 Å². The molecule has 0 saturated carbocycles. The predicted octanol–water partition coefficient (Wildman–Crippen LogP) is 5.18. The molecule has 0 atom stereocenters. The lowest BCUT2D eigenvalue weighted by atomic mass is 10.2. The van der Waals surface area contributed by atoms with Crippen LogP contribution in [0.3, 0.4) is 0 Å². The summed E-state index contributed by atoms with van der Waals surface area (Å²) in [5.74, 6) is 0. The molecular weight excluding hydrogens is 171 g/mol. The fraction of sp³-hybridized carbons (Fsp3) is 1.00. The Morgan fingerprint density at radius 2 is 1.15 bits per heavy atom. The van der Waals surface area contributed by atoms with Crippen molar-refractivity contribution in [3.05, 3.63) is 0 Å². The highest BCUT2D eigenvalue weighted by molar-refractivity contribution is 6.35. The first kappa shape index (κ1) is 13.5. The lowest BCUT2D eigenvalue weighted by Crippen LogP contribution is -1.89. The van der Waals surface area contributed by atoms with Gasteiger partial charge in [-0.3, -0.25) is 0 Å². The average Bonchev–Trinajstić information content (AvgIpc) is 2.16. The molecule has 0 unspecified atom stereocenters. The molecule has 1 heteroatoms. The van der Waals surface area contributed by atoms with Gasteiger partial charge in [0.1, 0.15) is 0 Å². The fourth-order valence-corrected chi connectivity index (χ4v) is 3.02. The van der Waals surface area contributed by atoms with Crippen LogP contribution in [0, 0.1) is 0 Å². The summed E-state index contributed by atoms with van der Waals surface area (Å²) in [5.41, 5.74) is 0. The van der Waals surface area contributed by atoms with Crippen molar-refractivity contribution >= 4 is 15.2 Å². The molecule has 1 radical (unpaired) electrons. The lowest BCUT2D eigenvalue weighted by molar-refractivity contribution is 0.689. The Kier molecular flexibility index (Phi) is 13.0. The highest BCUT2D eigenvalue weighted by atomic mass is 27.1. The van der Waals surface area contributed by atoms with Gasteiger partial charge in [-0.15, -0.1) is 10.6 Å². The molecule has 0 heterocycles. The maximum Gasteiger partial charge on any atom is 0.199 e. The largest absolute Gasteiger partial charge is 0.199 e. The van der Waals surface area contributed by atoms with E-state index < -0.39 is 0 Å². The fourth-order valence-electron chi connectivity index (χ4n) is 1.58. The Morgan fingerprint density at radius 3 is 1.54 bits per heavy atom. The van der Waals surface area contributed by atoms with Crippen LogP contribution in [0.25, 0.3) is 0 Å². The van der Waals surface area contributed by atoms with E-state index in [9.17, 15) is 0 Å². The van der Waals surface area contributed by atoms with Gasteiger partial charge in [-0.2, -0.15) is 0 Å². The van der Waals surface area contributed by atoms with E-state index in [1.165, 1.54) is 51.4 Å². The van der Waals surface area contributed by atoms with E-state index in [-0.39, 0.29) is 2.85 Å². The molecule has 0 spiro atoms. The minimum absolute atomic E-state index is 0. The summed E-state index contributed by atoms with van der Waals surface area (Å²) in [7, 11) is 0. The number of rotatable bonds is 10. The summed E-state index contributed by atoms with van der Waals surface area (Å²) in [5, 5.41) is 3.12. The first-order chi connectivity index (χ1) is 6.41. The number of hydrogen-bond donors (Lipinski definition) is 0. The molecule has 0 aromatic heterocycles. The van der Waals surface area contributed by atoms with Gasteiger partial charge in [0.25, 0.3) is 0 Å². The summed E-state index contributed by atoms with van der Waals surface area (Å²) in [4.78, 5) is 0. The molecule has 0 aliphatic heterocycles. The van der Waals surface area contributed by atoms with Crippen molar-refractivity contribution in [3.63, 3.8) is 0 Å². The van der Waals surface area contributed by atoms with Gasteiger partial charge >= 0.3 is 0 Å². The van der Waals surface area contributed by atoms with E-state index in [4.69, 9.17) is 0 Å². The molecule has 0 nitrogen and oxygen atoms in total. The molecule has 0 aliphatic rings. The SMILES string of the molecule is CCCCC[CH2][Al][CH2]CCCCC.[HH].[HH]. The number of hydrogen-bond acceptors (Lipinski definition) is 0. The minimum Gasteiger partial charge on any atom is -0.104 e. The molecule has 0 aromatic carbocycles. The van der Waals surface area contributed by atoms with E-state index in [1.54, 1.807) is 10.6 Å². The van der Waals surface area contributed by atoms with Gasteiger partial charge in [0, 0.05) is 2.85 Å². The zero-order chi connectivity index (χ0) is 9.78. The Bertz CT molecular complexity index is 79.7. The van der Waals surface area contributed by atoms with Crippen LogP contribution < -0.4 is 0 Å². The van der Waals surface area contributed by atoms with E-state index in [2.05, 4.69) is 13.8 Å². The molecule has 13 heavy (non-hydrogen) atoms. The van der Waals surface area contributed by atoms with Crippen molar-refractivity contribution in [1.82, 2.24) is 0 Å². The Balaban J connectivity index is -0.000000720. The van der Waals surface area contributed by atoms with Crippen molar-refractivity contribution in [2.75, 3.05) is 0 Å². The summed E-state index contributed by atoms with van der Waals surface area (Å²) < 4.78 is 0. The summed E-state index contributed by atoms with van der Waals surface area (Å²) in [6.07, 6.45) is 11.7. The van der Waals surface area contributed by atoms with Crippen LogP contribution in [-0.2, 0) is 0 Å². The van der Waals surface area contributed by atoms with Crippen LogP contribution in [0.2, 0.25) is 10.6 Å². The van der Waals surface area contributed by atoms with Crippen LogP contribution >= 0.6 is 0 Å². The molecule has 0 aliphatic carbocycles. The standard InChI is InChI=1S/2C6H13.Al.2H2/c2*1-3-5-6-4-2;;;/h2*1,3-6H2,2H3;;2*1H. The monoisotopic (exact) mass is 201 g/mol. The van der Waals surface area contributed by atoms with Crippen molar-refractivity contribution < 1.29 is 2.85 Å². The molecule has 0 amide bonds. The zero-order valence-electron chi connectivity index (χ0n) is 9.65. The second-order valence-corrected chi connectivity index (χ2v) is 5.72. The van der Waals surface area contributed by atoms with Crippen LogP contribution in [-0.4, -0.2) is 15.2 Å². The lowest BCUT2D eigenvalue weighted by Gasteiger charge is -1.99. The third-order valence-electron chi connectivity index (χ3n) is 2.52. The van der Waals surface area contributed by atoms with Gasteiger partial charge < -0.3 is 0 Å². The molecular formula is C12H30Al. The van der Waals surface area contributed by atoms with Crippen LogP contribution in [0.4, 0.5) is 0 Å². The minimum atomic E-state index is 0. The molecule has 0 rings (SSSR count). The molecule has 0 N–H and O–H groups in total. The molecule has 0 saturated heterocycles. The van der Waals surface area contributed by atoms with Gasteiger partial charge in [-0.05, 0) is 0 Å². The first-order valence-electron chi connectivity index (χ1n) is 6.23. The van der Waals surface area contributed by atoms with Crippen molar-refractivity contribution in [1.29, 1.82) is 0 Å². The maximum atomic E-state index is 2.29. The molecule has 0 fully saturated rings. The van der Waals surface area contributed by atoms with Crippen molar-refractivity contribution in [2.24, 2.45) is 0 Å². The highest BCUT2D eigenvalue weighted by Gasteiger charge is 1.93. The first-order valence-corrected chi connectivity index (χ1v) is 7.86. The smallest absolute Gasteiger partial charge is 0.104 e. The van der Waals surface area contributed by atoms with Gasteiger partial charge in [0.15, 0.2) is 15.2 Å². The predicted molar refractivity (Wildman–Crippen MR) is 67.9 cm³/mol. The quantitative estimate of drug-likeness (QED) is 0.337. The summed E-state index contributed by atoms with van der Waals surface area (Å²) in [6.45, 7) is 4.58. The maximum absolute atomic E-state index is 2.29. The second kappa shape index (κ2) is 12.5. The van der Waals surface area contributed by atoms with Gasteiger partial charge in [-0.25, -0.2) is 0 Å². The van der Waals surface area contributed by atoms with Crippen LogP contribution in [0.15, 0.2) is 0 Å². The number of unbranched alkanes of at least 4 members (excludes halogenated alkanes) is 6. The third-order valence-corrected chi connectivity index (χ3v) is 4.16. The average molecular weight is 201 g/mol. The second-order valence-electron chi connectivity index (χ2n) is 3.99. The topological polar surface area (TPSA) is 0 Å². The highest BCUT2D eigenvalue weighted by Crippen LogP contribution is 2.06. The molecule has 0 aromatic rings. The Hall–Kier alpha value is 0.532.